The van der Waals surface area contributed by atoms with Crippen molar-refractivity contribution in [1.29, 1.82) is 0 Å². The van der Waals surface area contributed by atoms with Crippen molar-refractivity contribution in [2.45, 2.75) is 26.4 Å². The van der Waals surface area contributed by atoms with Crippen LogP contribution in [0.1, 0.15) is 30.6 Å². The van der Waals surface area contributed by atoms with Crippen molar-refractivity contribution in [2.75, 3.05) is 0 Å². The molecule has 0 saturated heterocycles. The van der Waals surface area contributed by atoms with Crippen molar-refractivity contribution in [2.24, 2.45) is 11.8 Å². The summed E-state index contributed by atoms with van der Waals surface area (Å²) in [6.07, 6.45) is 0.739. The van der Waals surface area contributed by atoms with Gasteiger partial charge in [0.1, 0.15) is 0 Å². The molecule has 1 aromatic rings. The van der Waals surface area contributed by atoms with E-state index in [0.29, 0.717) is 16.9 Å². The zero-order valence-corrected chi connectivity index (χ0v) is 9.25. The Balaban J connectivity index is 2.26. The molecule has 1 aliphatic rings. The van der Waals surface area contributed by atoms with Gasteiger partial charge in [-0.2, -0.15) is 0 Å². The quantitative estimate of drug-likeness (QED) is 0.794. The molecule has 3 unspecified atom stereocenters. The highest BCUT2D eigenvalue weighted by atomic mass is 35.5. The molecule has 1 saturated carbocycles. The summed E-state index contributed by atoms with van der Waals surface area (Å²) in [5.74, 6) is 1.05. The summed E-state index contributed by atoms with van der Waals surface area (Å²) in [4.78, 5) is 0. The van der Waals surface area contributed by atoms with Gasteiger partial charge < -0.3 is 5.11 Å². The van der Waals surface area contributed by atoms with Gasteiger partial charge in [0.15, 0.2) is 0 Å². The first-order chi connectivity index (χ1) is 6.59. The number of hydrogen-bond acceptors (Lipinski definition) is 1. The van der Waals surface area contributed by atoms with E-state index < -0.39 is 0 Å². The van der Waals surface area contributed by atoms with E-state index in [9.17, 15) is 5.11 Å². The third-order valence-electron chi connectivity index (χ3n) is 3.05. The Hall–Kier alpha value is -0.530. The molecule has 14 heavy (non-hydrogen) atoms. The van der Waals surface area contributed by atoms with Crippen LogP contribution in [0.4, 0.5) is 0 Å². The van der Waals surface area contributed by atoms with Gasteiger partial charge in [0.05, 0.1) is 6.10 Å². The standard InChI is InChI=1S/C12H15ClO/c1-7-3-4-11(13)10(5-7)12(14)9-6-8(9)2/h3-5,8-9,12,14H,6H2,1-2H3. The minimum Gasteiger partial charge on any atom is -0.388 e. The van der Waals surface area contributed by atoms with E-state index >= 15 is 0 Å². The molecule has 1 aliphatic carbocycles. The Morgan fingerprint density at radius 3 is 2.71 bits per heavy atom. The van der Waals surface area contributed by atoms with Crippen molar-refractivity contribution in [3.05, 3.63) is 34.3 Å². The first kappa shape index (κ1) is 10.0. The zero-order chi connectivity index (χ0) is 10.3. The molecular weight excluding hydrogens is 196 g/mol. The lowest BCUT2D eigenvalue weighted by Crippen LogP contribution is -2.02. The molecular formula is C12H15ClO. The topological polar surface area (TPSA) is 20.2 Å². The van der Waals surface area contributed by atoms with Crippen LogP contribution in [0.15, 0.2) is 18.2 Å². The van der Waals surface area contributed by atoms with Gasteiger partial charge in [-0.3, -0.25) is 0 Å². The Morgan fingerprint density at radius 1 is 1.50 bits per heavy atom. The fraction of sp³-hybridized carbons (Fsp3) is 0.500. The van der Waals surface area contributed by atoms with Crippen LogP contribution in [0.25, 0.3) is 0 Å². The van der Waals surface area contributed by atoms with Crippen molar-refractivity contribution in [3.8, 4) is 0 Å². The lowest BCUT2D eigenvalue weighted by Gasteiger charge is -2.12. The number of aliphatic hydroxyl groups is 1. The third-order valence-corrected chi connectivity index (χ3v) is 3.39. The highest BCUT2D eigenvalue weighted by Gasteiger charge is 2.39. The smallest absolute Gasteiger partial charge is 0.0835 e. The molecule has 2 rings (SSSR count). The summed E-state index contributed by atoms with van der Waals surface area (Å²) in [5, 5.41) is 10.7. The van der Waals surface area contributed by atoms with E-state index in [0.717, 1.165) is 17.5 Å². The summed E-state index contributed by atoms with van der Waals surface area (Å²) in [6.45, 7) is 4.18. The maximum absolute atomic E-state index is 10.1. The van der Waals surface area contributed by atoms with Crippen molar-refractivity contribution >= 4 is 11.6 Å². The number of halogens is 1. The maximum atomic E-state index is 10.1. The summed E-state index contributed by atoms with van der Waals surface area (Å²) in [7, 11) is 0. The minimum atomic E-state index is -0.377. The van der Waals surface area contributed by atoms with Gasteiger partial charge in [-0.05, 0) is 36.8 Å². The molecule has 2 heteroatoms. The van der Waals surface area contributed by atoms with Gasteiger partial charge in [0.2, 0.25) is 0 Å². The molecule has 1 fully saturated rings. The molecule has 0 aromatic heterocycles. The lowest BCUT2D eigenvalue weighted by atomic mass is 10.0. The van der Waals surface area contributed by atoms with Gasteiger partial charge in [-0.1, -0.05) is 36.2 Å². The zero-order valence-electron chi connectivity index (χ0n) is 8.50. The molecule has 0 aliphatic heterocycles. The van der Waals surface area contributed by atoms with E-state index in [2.05, 4.69) is 6.92 Å². The molecule has 1 N–H and O–H groups in total. The lowest BCUT2D eigenvalue weighted by molar-refractivity contribution is 0.148. The fourth-order valence-electron chi connectivity index (χ4n) is 1.91. The Morgan fingerprint density at radius 2 is 2.14 bits per heavy atom. The van der Waals surface area contributed by atoms with Crippen LogP contribution in [0.3, 0.4) is 0 Å². The summed E-state index contributed by atoms with van der Waals surface area (Å²) in [5.41, 5.74) is 2.04. The van der Waals surface area contributed by atoms with E-state index in [1.54, 1.807) is 0 Å². The highest BCUT2D eigenvalue weighted by Crippen LogP contribution is 2.48. The molecule has 76 valence electrons. The monoisotopic (exact) mass is 210 g/mol. The number of aryl methyl sites for hydroxylation is 1. The minimum absolute atomic E-state index is 0.377. The van der Waals surface area contributed by atoms with Gasteiger partial charge in [-0.15, -0.1) is 0 Å². The number of aliphatic hydroxyl groups excluding tert-OH is 1. The molecule has 0 bridgehead atoms. The van der Waals surface area contributed by atoms with Crippen LogP contribution >= 0.6 is 11.6 Å². The second-order valence-electron chi connectivity index (χ2n) is 4.35. The summed E-state index contributed by atoms with van der Waals surface area (Å²) in [6, 6.07) is 5.81. The normalized spacial score (nSPS) is 27.4. The molecule has 3 atom stereocenters. The predicted octanol–water partition coefficient (Wildman–Crippen LogP) is 3.34. The highest BCUT2D eigenvalue weighted by molar-refractivity contribution is 6.31. The van der Waals surface area contributed by atoms with Crippen molar-refractivity contribution in [3.63, 3.8) is 0 Å². The van der Waals surface area contributed by atoms with Crippen LogP contribution in [0, 0.1) is 18.8 Å². The van der Waals surface area contributed by atoms with Gasteiger partial charge >= 0.3 is 0 Å². The largest absolute Gasteiger partial charge is 0.388 e. The Kier molecular flexibility index (Phi) is 2.54. The van der Waals surface area contributed by atoms with Crippen molar-refractivity contribution < 1.29 is 5.11 Å². The average Bonchev–Trinajstić information content (AvgIpc) is 2.86. The first-order valence-electron chi connectivity index (χ1n) is 5.03. The molecule has 0 spiro atoms. The second-order valence-corrected chi connectivity index (χ2v) is 4.75. The van der Waals surface area contributed by atoms with E-state index in [4.69, 9.17) is 11.6 Å². The molecule has 0 radical (unpaired) electrons. The molecule has 0 heterocycles. The van der Waals surface area contributed by atoms with Crippen LogP contribution in [-0.4, -0.2) is 5.11 Å². The third kappa shape index (κ3) is 1.79. The van der Waals surface area contributed by atoms with E-state index in [1.165, 1.54) is 0 Å². The van der Waals surface area contributed by atoms with Crippen LogP contribution in [0.2, 0.25) is 5.02 Å². The van der Waals surface area contributed by atoms with Gasteiger partial charge in [-0.25, -0.2) is 0 Å². The first-order valence-corrected chi connectivity index (χ1v) is 5.41. The van der Waals surface area contributed by atoms with E-state index in [1.807, 2.05) is 25.1 Å². The van der Waals surface area contributed by atoms with Gasteiger partial charge in [0.25, 0.3) is 0 Å². The number of rotatable bonds is 2. The molecule has 1 aromatic carbocycles. The van der Waals surface area contributed by atoms with Crippen LogP contribution in [0.5, 0.6) is 0 Å². The van der Waals surface area contributed by atoms with Crippen LogP contribution in [-0.2, 0) is 0 Å². The predicted molar refractivity (Wildman–Crippen MR) is 58.4 cm³/mol. The maximum Gasteiger partial charge on any atom is 0.0835 e. The van der Waals surface area contributed by atoms with E-state index in [-0.39, 0.29) is 6.10 Å². The Labute approximate surface area is 89.7 Å². The van der Waals surface area contributed by atoms with Crippen molar-refractivity contribution in [1.82, 2.24) is 0 Å². The second kappa shape index (κ2) is 3.56. The molecule has 0 amide bonds. The molecule has 1 nitrogen and oxygen atoms in total. The SMILES string of the molecule is Cc1ccc(Cl)c(C(O)C2CC2C)c1. The van der Waals surface area contributed by atoms with Crippen LogP contribution < -0.4 is 0 Å². The number of benzene rings is 1. The number of hydrogen-bond donors (Lipinski definition) is 1. The fourth-order valence-corrected chi connectivity index (χ4v) is 2.14. The average molecular weight is 211 g/mol. The Bertz CT molecular complexity index is 348. The summed E-state index contributed by atoms with van der Waals surface area (Å²) >= 11 is 6.05. The summed E-state index contributed by atoms with van der Waals surface area (Å²) < 4.78 is 0. The van der Waals surface area contributed by atoms with Gasteiger partial charge in [0, 0.05) is 5.02 Å².